The van der Waals surface area contributed by atoms with Crippen molar-refractivity contribution in [1.82, 2.24) is 0 Å². The second kappa shape index (κ2) is 9.64. The van der Waals surface area contributed by atoms with Crippen LogP contribution in [-0.4, -0.2) is 18.0 Å². The number of esters is 1. The molecule has 1 N–H and O–H groups in total. The van der Waals surface area contributed by atoms with E-state index in [1.54, 1.807) is 12.1 Å². The molecule has 0 heterocycles. The summed E-state index contributed by atoms with van der Waals surface area (Å²) in [5, 5.41) is 2.84. The summed E-state index contributed by atoms with van der Waals surface area (Å²) in [6, 6.07) is 23.1. The number of para-hydroxylation sites is 1. The van der Waals surface area contributed by atoms with Gasteiger partial charge in [0.2, 0.25) is 0 Å². The van der Waals surface area contributed by atoms with E-state index in [1.807, 2.05) is 54.6 Å². The van der Waals surface area contributed by atoms with Crippen LogP contribution in [0.25, 0.3) is 11.1 Å². The summed E-state index contributed by atoms with van der Waals surface area (Å²) in [5.41, 5.74) is 3.35. The highest BCUT2D eigenvalue weighted by Crippen LogP contribution is 2.27. The molecule has 0 saturated heterocycles. The molecule has 0 aliphatic rings. The minimum Gasteiger partial charge on any atom is -0.453 e. The third-order valence-corrected chi connectivity index (χ3v) is 4.48. The van der Waals surface area contributed by atoms with E-state index in [2.05, 4.69) is 5.32 Å². The molecule has 0 aliphatic carbocycles. The lowest BCUT2D eigenvalue weighted by atomic mass is 10.0. The van der Waals surface area contributed by atoms with Gasteiger partial charge in [0, 0.05) is 17.7 Å². The van der Waals surface area contributed by atoms with E-state index in [-0.39, 0.29) is 12.2 Å². The second-order valence-corrected chi connectivity index (χ2v) is 6.66. The number of hydrogen-bond acceptors (Lipinski definition) is 3. The predicted molar refractivity (Wildman–Crippen MR) is 111 cm³/mol. The Morgan fingerprint density at radius 2 is 1.59 bits per heavy atom. The Hall–Kier alpha value is -3.47. The number of carbonyl (C=O) groups excluding carboxylic acids is 2. The van der Waals surface area contributed by atoms with Crippen LogP contribution in [0.1, 0.15) is 18.9 Å². The van der Waals surface area contributed by atoms with Crippen molar-refractivity contribution in [2.24, 2.45) is 0 Å². The van der Waals surface area contributed by atoms with Crippen LogP contribution in [-0.2, 0) is 20.7 Å². The molecule has 3 aromatic carbocycles. The van der Waals surface area contributed by atoms with E-state index in [4.69, 9.17) is 4.74 Å². The smallest absolute Gasteiger partial charge is 0.306 e. The molecule has 0 radical (unpaired) electrons. The molecule has 5 heteroatoms. The van der Waals surface area contributed by atoms with Crippen molar-refractivity contribution in [2.45, 2.75) is 25.9 Å². The maximum Gasteiger partial charge on any atom is 0.306 e. The third-order valence-electron chi connectivity index (χ3n) is 4.48. The number of benzene rings is 3. The summed E-state index contributed by atoms with van der Waals surface area (Å²) >= 11 is 0. The molecule has 0 fully saturated rings. The lowest BCUT2D eigenvalue weighted by molar-refractivity contribution is -0.153. The normalized spacial score (nSPS) is 11.5. The van der Waals surface area contributed by atoms with Crippen LogP contribution in [0, 0.1) is 5.82 Å². The quantitative estimate of drug-likeness (QED) is 0.577. The van der Waals surface area contributed by atoms with Gasteiger partial charge in [0.05, 0.1) is 0 Å². The van der Waals surface area contributed by atoms with Crippen LogP contribution in [0.4, 0.5) is 10.1 Å². The molecule has 1 atom stereocenters. The Labute approximate surface area is 169 Å². The zero-order chi connectivity index (χ0) is 20.6. The highest BCUT2D eigenvalue weighted by molar-refractivity contribution is 5.98. The van der Waals surface area contributed by atoms with Crippen LogP contribution in [0.2, 0.25) is 0 Å². The highest BCUT2D eigenvalue weighted by atomic mass is 19.1. The third kappa shape index (κ3) is 5.75. The van der Waals surface area contributed by atoms with Crippen molar-refractivity contribution >= 4 is 17.6 Å². The summed E-state index contributed by atoms with van der Waals surface area (Å²) in [6.07, 6.45) is -0.395. The second-order valence-electron chi connectivity index (χ2n) is 6.66. The summed E-state index contributed by atoms with van der Waals surface area (Å²) in [4.78, 5) is 24.6. The van der Waals surface area contributed by atoms with Gasteiger partial charge in [0.15, 0.2) is 6.10 Å². The molecule has 0 aliphatic heterocycles. The number of aryl methyl sites for hydroxylation is 1. The van der Waals surface area contributed by atoms with Crippen molar-refractivity contribution in [1.29, 1.82) is 0 Å². The molecule has 29 heavy (non-hydrogen) atoms. The number of halogens is 1. The van der Waals surface area contributed by atoms with E-state index in [0.717, 1.165) is 16.7 Å². The first-order valence-corrected chi connectivity index (χ1v) is 9.42. The molecule has 0 spiro atoms. The fourth-order valence-corrected chi connectivity index (χ4v) is 2.90. The summed E-state index contributed by atoms with van der Waals surface area (Å²) in [7, 11) is 0. The van der Waals surface area contributed by atoms with Crippen LogP contribution in [0.5, 0.6) is 0 Å². The number of amides is 1. The van der Waals surface area contributed by atoms with Gasteiger partial charge in [-0.1, -0.05) is 60.7 Å². The summed E-state index contributed by atoms with van der Waals surface area (Å²) < 4.78 is 18.2. The van der Waals surface area contributed by atoms with E-state index >= 15 is 0 Å². The Morgan fingerprint density at radius 3 is 2.31 bits per heavy atom. The molecular formula is C24H22FNO3. The number of carbonyl (C=O) groups is 2. The molecule has 4 nitrogen and oxygen atoms in total. The van der Waals surface area contributed by atoms with Gasteiger partial charge in [-0.25, -0.2) is 4.39 Å². The molecule has 0 unspecified atom stereocenters. The van der Waals surface area contributed by atoms with Crippen LogP contribution >= 0.6 is 0 Å². The molecule has 148 valence electrons. The maximum absolute atomic E-state index is 12.9. The Bertz CT molecular complexity index is 971. The molecular weight excluding hydrogens is 369 g/mol. The highest BCUT2D eigenvalue weighted by Gasteiger charge is 2.19. The van der Waals surface area contributed by atoms with E-state index in [9.17, 15) is 14.0 Å². The molecule has 0 aromatic heterocycles. The lowest BCUT2D eigenvalue weighted by Gasteiger charge is -2.16. The summed E-state index contributed by atoms with van der Waals surface area (Å²) in [6.45, 7) is 1.54. The van der Waals surface area contributed by atoms with Gasteiger partial charge in [-0.15, -0.1) is 0 Å². The van der Waals surface area contributed by atoms with Gasteiger partial charge in [0.1, 0.15) is 5.82 Å². The standard InChI is InChI=1S/C24H22FNO3/c1-17(29-23(27)16-13-18-11-14-20(25)15-12-18)24(28)26-22-10-6-5-9-21(22)19-7-3-2-4-8-19/h2-12,14-15,17H,13,16H2,1H3,(H,26,28)/t17-/m0/s1. The predicted octanol–water partition coefficient (Wildman–Crippen LogP) is 5.00. The van der Waals surface area contributed by atoms with Crippen LogP contribution < -0.4 is 5.32 Å². The number of ether oxygens (including phenoxy) is 1. The van der Waals surface area contributed by atoms with Gasteiger partial charge in [0.25, 0.3) is 5.91 Å². The van der Waals surface area contributed by atoms with Gasteiger partial charge in [-0.3, -0.25) is 9.59 Å². The number of anilines is 1. The van der Waals surface area contributed by atoms with E-state index in [0.29, 0.717) is 12.1 Å². The van der Waals surface area contributed by atoms with Crippen molar-refractivity contribution in [3.63, 3.8) is 0 Å². The molecule has 1 amide bonds. The fourth-order valence-electron chi connectivity index (χ4n) is 2.90. The van der Waals surface area contributed by atoms with E-state index < -0.39 is 18.0 Å². The lowest BCUT2D eigenvalue weighted by Crippen LogP contribution is -2.30. The first-order valence-electron chi connectivity index (χ1n) is 9.42. The van der Waals surface area contributed by atoms with Gasteiger partial charge >= 0.3 is 5.97 Å². The van der Waals surface area contributed by atoms with Gasteiger partial charge < -0.3 is 10.1 Å². The average molecular weight is 391 g/mol. The first kappa shape index (κ1) is 20.3. The van der Waals surface area contributed by atoms with Crippen molar-refractivity contribution in [2.75, 3.05) is 5.32 Å². The first-order chi connectivity index (χ1) is 14.0. The average Bonchev–Trinajstić information content (AvgIpc) is 2.74. The SMILES string of the molecule is C[C@H](OC(=O)CCc1ccc(F)cc1)C(=O)Nc1ccccc1-c1ccccc1. The topological polar surface area (TPSA) is 55.4 Å². The number of hydrogen-bond donors (Lipinski definition) is 1. The fraction of sp³-hybridized carbons (Fsp3) is 0.167. The van der Waals surface area contributed by atoms with E-state index in [1.165, 1.54) is 19.1 Å². The molecule has 0 bridgehead atoms. The van der Waals surface area contributed by atoms with Gasteiger partial charge in [-0.2, -0.15) is 0 Å². The zero-order valence-corrected chi connectivity index (χ0v) is 16.1. The molecule has 3 aromatic rings. The van der Waals surface area contributed by atoms with Crippen molar-refractivity contribution < 1.29 is 18.7 Å². The summed E-state index contributed by atoms with van der Waals surface area (Å²) in [5.74, 6) is -1.20. The minimum atomic E-state index is -0.931. The van der Waals surface area contributed by atoms with Crippen LogP contribution in [0.3, 0.4) is 0 Å². The Balaban J connectivity index is 1.57. The van der Waals surface area contributed by atoms with Gasteiger partial charge in [-0.05, 0) is 42.7 Å². The zero-order valence-electron chi connectivity index (χ0n) is 16.1. The Morgan fingerprint density at radius 1 is 0.931 bits per heavy atom. The monoisotopic (exact) mass is 391 g/mol. The largest absolute Gasteiger partial charge is 0.453 e. The molecule has 0 saturated carbocycles. The molecule has 3 rings (SSSR count). The van der Waals surface area contributed by atoms with Crippen LogP contribution in [0.15, 0.2) is 78.9 Å². The van der Waals surface area contributed by atoms with Crippen molar-refractivity contribution in [3.8, 4) is 11.1 Å². The number of rotatable bonds is 7. The minimum absolute atomic E-state index is 0.115. The van der Waals surface area contributed by atoms with Crippen molar-refractivity contribution in [3.05, 3.63) is 90.2 Å². The Kier molecular flexibility index (Phi) is 6.74. The maximum atomic E-state index is 12.9. The number of nitrogens with one attached hydrogen (secondary N) is 1.